The minimum Gasteiger partial charge on any atom is -0.417 e. The molecule has 0 spiro atoms. The molecule has 0 radical (unpaired) electrons. The van der Waals surface area contributed by atoms with Gasteiger partial charge in [-0.1, -0.05) is 46.2 Å². The number of fused-ring (bicyclic) bond motifs is 2. The summed E-state index contributed by atoms with van der Waals surface area (Å²) in [5.41, 5.74) is 18.0. The predicted molar refractivity (Wildman–Crippen MR) is 144 cm³/mol. The first-order valence-corrected chi connectivity index (χ1v) is 16.5. The fourth-order valence-corrected chi connectivity index (χ4v) is 8.55. The molecule has 0 bridgehead atoms. The van der Waals surface area contributed by atoms with Crippen LogP contribution < -0.4 is 5.73 Å². The summed E-state index contributed by atoms with van der Waals surface area (Å²) in [5.74, 6) is 2.25. The van der Waals surface area contributed by atoms with E-state index in [9.17, 15) is 5.53 Å². The average Bonchev–Trinajstić information content (AvgIpc) is 3.17. The Morgan fingerprint density at radius 3 is 2.66 bits per heavy atom. The maximum Gasteiger partial charge on any atom is 0.220 e. The first-order valence-electron chi connectivity index (χ1n) is 13.6. The van der Waals surface area contributed by atoms with Gasteiger partial charge in [-0.3, -0.25) is 0 Å². The molecule has 0 aliphatic heterocycles. The summed E-state index contributed by atoms with van der Waals surface area (Å²) in [6, 6.07) is 0. The third kappa shape index (κ3) is 4.86. The molecule has 1 aromatic rings. The van der Waals surface area contributed by atoms with Crippen LogP contribution in [0.15, 0.2) is 11.3 Å². The predicted octanol–water partition coefficient (Wildman–Crippen LogP) is 6.94. The van der Waals surface area contributed by atoms with E-state index in [0.717, 1.165) is 25.1 Å². The third-order valence-corrected chi connectivity index (χ3v) is 15.3. The highest BCUT2D eigenvalue weighted by Gasteiger charge is 2.56. The van der Waals surface area contributed by atoms with Gasteiger partial charge < -0.3 is 10.2 Å². The molecule has 3 aliphatic carbocycles. The molecule has 194 valence electrons. The van der Waals surface area contributed by atoms with Gasteiger partial charge in [0.1, 0.15) is 0 Å². The zero-order valence-corrected chi connectivity index (χ0v) is 24.0. The largest absolute Gasteiger partial charge is 0.417 e. The monoisotopic (exact) mass is 498 g/mol. The number of nitrogen functional groups attached to an aromatic ring is 1. The van der Waals surface area contributed by atoms with Crippen LogP contribution in [-0.4, -0.2) is 31.4 Å². The normalized spacial score (nSPS) is 35.2. The van der Waals surface area contributed by atoms with Gasteiger partial charge in [-0.15, -0.1) is 0 Å². The van der Waals surface area contributed by atoms with E-state index in [1.54, 1.807) is 0 Å². The summed E-state index contributed by atoms with van der Waals surface area (Å²) < 4.78 is 6.87. The van der Waals surface area contributed by atoms with Crippen molar-refractivity contribution in [1.82, 2.24) is 9.97 Å². The van der Waals surface area contributed by atoms with Gasteiger partial charge in [-0.2, -0.15) is 0 Å². The molecule has 7 nitrogen and oxygen atoms in total. The highest BCUT2D eigenvalue weighted by Crippen LogP contribution is 2.61. The smallest absolute Gasteiger partial charge is 0.220 e. The number of hydrogen-bond acceptors (Lipinski definition) is 5. The van der Waals surface area contributed by atoms with Crippen LogP contribution in [-0.2, 0) is 17.3 Å². The second-order valence-electron chi connectivity index (χ2n) is 13.7. The van der Waals surface area contributed by atoms with Gasteiger partial charge in [0.25, 0.3) is 0 Å². The molecule has 0 aromatic carbocycles. The lowest BCUT2D eigenvalue weighted by molar-refractivity contribution is -0.0594. The molecule has 1 heterocycles. The van der Waals surface area contributed by atoms with E-state index in [4.69, 9.17) is 10.2 Å². The van der Waals surface area contributed by atoms with Gasteiger partial charge in [0.05, 0.1) is 0 Å². The van der Waals surface area contributed by atoms with E-state index >= 15 is 0 Å². The van der Waals surface area contributed by atoms with Crippen molar-refractivity contribution in [3.05, 3.63) is 27.9 Å². The highest BCUT2D eigenvalue weighted by atomic mass is 28.4. The van der Waals surface area contributed by atoms with Crippen LogP contribution in [0.2, 0.25) is 18.1 Å². The van der Waals surface area contributed by atoms with E-state index in [0.29, 0.717) is 41.6 Å². The Labute approximate surface area is 212 Å². The summed E-state index contributed by atoms with van der Waals surface area (Å²) in [7, 11) is -1.90. The number of rotatable bonds is 6. The van der Waals surface area contributed by atoms with Crippen LogP contribution >= 0.6 is 0 Å². The number of hydrogen-bond donors (Lipinski definition) is 1. The van der Waals surface area contributed by atoms with Crippen LogP contribution in [0.25, 0.3) is 10.4 Å². The molecule has 35 heavy (non-hydrogen) atoms. The molecule has 6 atom stereocenters. The van der Waals surface area contributed by atoms with E-state index < -0.39 is 8.32 Å². The van der Waals surface area contributed by atoms with Crippen molar-refractivity contribution >= 4 is 14.3 Å². The Morgan fingerprint density at radius 2 is 1.97 bits per heavy atom. The second-order valence-corrected chi connectivity index (χ2v) is 18.5. The van der Waals surface area contributed by atoms with Crippen molar-refractivity contribution in [2.75, 3.05) is 18.9 Å². The Kier molecular flexibility index (Phi) is 7.06. The lowest BCUT2D eigenvalue weighted by atomic mass is 9.49. The SMILES string of the molecule is CC(C)(C)[Si](C)(C)OC[C@H]1Cc2nc(N)ncc2C[C@]1(C)[C@H]1CC[C@]2(C)CCC[C@H]2[C@@H]1CN=[N+]=[N-]. The molecule has 1 aromatic heterocycles. The van der Waals surface area contributed by atoms with Crippen molar-refractivity contribution in [2.45, 2.75) is 97.7 Å². The van der Waals surface area contributed by atoms with Gasteiger partial charge >= 0.3 is 0 Å². The summed E-state index contributed by atoms with van der Waals surface area (Å²) in [6.07, 6.45) is 10.1. The first-order chi connectivity index (χ1) is 16.3. The average molecular weight is 499 g/mol. The number of azide groups is 1. The van der Waals surface area contributed by atoms with Gasteiger partial charge in [0.15, 0.2) is 8.32 Å². The fraction of sp³-hybridized carbons (Fsp3) is 0.852. The molecule has 2 N–H and O–H groups in total. The van der Waals surface area contributed by atoms with E-state index in [1.165, 1.54) is 37.7 Å². The maximum atomic E-state index is 9.24. The number of aromatic nitrogens is 2. The maximum absolute atomic E-state index is 9.24. The van der Waals surface area contributed by atoms with Crippen LogP contribution in [0.3, 0.4) is 0 Å². The third-order valence-electron chi connectivity index (χ3n) is 10.8. The minimum atomic E-state index is -1.90. The fourth-order valence-electron chi connectivity index (χ4n) is 7.50. The molecule has 0 amide bonds. The van der Waals surface area contributed by atoms with Crippen LogP contribution in [0.1, 0.15) is 78.0 Å². The highest BCUT2D eigenvalue weighted by molar-refractivity contribution is 6.74. The van der Waals surface area contributed by atoms with E-state index in [-0.39, 0.29) is 10.5 Å². The van der Waals surface area contributed by atoms with E-state index in [2.05, 4.69) is 67.7 Å². The first kappa shape index (κ1) is 26.4. The molecule has 8 heteroatoms. The molecule has 2 saturated carbocycles. The molecular weight excluding hydrogens is 452 g/mol. The summed E-state index contributed by atoms with van der Waals surface area (Å²) in [6.45, 7) is 17.9. The lowest BCUT2D eigenvalue weighted by Crippen LogP contribution is -2.53. The Morgan fingerprint density at radius 1 is 1.23 bits per heavy atom. The zero-order valence-electron chi connectivity index (χ0n) is 23.0. The van der Waals surface area contributed by atoms with Crippen LogP contribution in [0.4, 0.5) is 5.95 Å². The van der Waals surface area contributed by atoms with Crippen LogP contribution in [0, 0.1) is 34.5 Å². The van der Waals surface area contributed by atoms with Crippen molar-refractivity contribution in [3.8, 4) is 0 Å². The number of nitrogens with zero attached hydrogens (tertiary/aromatic N) is 5. The van der Waals surface area contributed by atoms with Gasteiger partial charge in [0, 0.05) is 30.0 Å². The summed E-state index contributed by atoms with van der Waals surface area (Å²) in [4.78, 5) is 12.2. The second kappa shape index (κ2) is 9.35. The van der Waals surface area contributed by atoms with Crippen LogP contribution in [0.5, 0.6) is 0 Å². The molecule has 3 aliphatic rings. The summed E-state index contributed by atoms with van der Waals surface area (Å²) >= 11 is 0. The van der Waals surface area contributed by atoms with Crippen molar-refractivity contribution in [1.29, 1.82) is 0 Å². The Balaban J connectivity index is 1.71. The molecule has 4 rings (SSSR count). The van der Waals surface area contributed by atoms with Crippen molar-refractivity contribution in [2.24, 2.45) is 39.6 Å². The van der Waals surface area contributed by atoms with Crippen molar-refractivity contribution in [3.63, 3.8) is 0 Å². The quantitative estimate of drug-likeness (QED) is 0.198. The van der Waals surface area contributed by atoms with Crippen molar-refractivity contribution < 1.29 is 4.43 Å². The molecule has 2 fully saturated rings. The molecular formula is C27H46N6OSi. The molecule has 0 unspecified atom stereocenters. The topological polar surface area (TPSA) is 110 Å². The van der Waals surface area contributed by atoms with Gasteiger partial charge in [0.2, 0.25) is 5.95 Å². The standard InChI is InChI=1S/C27H46N6OSi/c1-25(2,3)35(6,7)34-17-19-13-23-18(15-30-24(28)32-23)14-27(19,5)22-10-12-26(4)11-8-9-21(26)20(22)16-31-33-29/h15,19-22H,8-14,16-17H2,1-7H3,(H2,28,30,32)/t19-,20+,21+,22+,26+,27+/m1/s1. The number of anilines is 1. The Bertz CT molecular complexity index is 986. The number of nitrogens with two attached hydrogens (primary N) is 1. The lowest BCUT2D eigenvalue weighted by Gasteiger charge is -2.56. The van der Waals surface area contributed by atoms with Gasteiger partial charge in [-0.05, 0) is 102 Å². The van der Waals surface area contributed by atoms with E-state index in [1.807, 2.05) is 6.20 Å². The van der Waals surface area contributed by atoms with Gasteiger partial charge in [-0.25, -0.2) is 9.97 Å². The molecule has 0 saturated heterocycles. The minimum absolute atomic E-state index is 0.0361. The zero-order chi connectivity index (χ0) is 25.6. The Hall–Kier alpha value is -1.63. The summed E-state index contributed by atoms with van der Waals surface area (Å²) in [5, 5.41) is 4.35.